The van der Waals surface area contributed by atoms with Gasteiger partial charge in [0.2, 0.25) is 10.0 Å². The molecule has 0 amide bonds. The van der Waals surface area contributed by atoms with Gasteiger partial charge in [-0.1, -0.05) is 0 Å². The van der Waals surface area contributed by atoms with Crippen LogP contribution in [0.2, 0.25) is 0 Å². The van der Waals surface area contributed by atoms with Crippen LogP contribution >= 0.6 is 0 Å². The van der Waals surface area contributed by atoms with Gasteiger partial charge >= 0.3 is 6.36 Å². The topological polar surface area (TPSA) is 95.9 Å². The van der Waals surface area contributed by atoms with E-state index in [1.165, 1.54) is 6.92 Å². The maximum absolute atomic E-state index is 12.0. The lowest BCUT2D eigenvalue weighted by molar-refractivity contribution is -0.274. The number of benzene rings is 1. The maximum Gasteiger partial charge on any atom is 0.573 e. The molecule has 21 heavy (non-hydrogen) atoms. The van der Waals surface area contributed by atoms with E-state index in [9.17, 15) is 26.7 Å². The molecule has 10 heteroatoms. The summed E-state index contributed by atoms with van der Waals surface area (Å²) in [7, 11) is -4.02. The van der Waals surface area contributed by atoms with Crippen molar-refractivity contribution in [1.29, 1.82) is 0 Å². The Bertz CT molecular complexity index is 569. The lowest BCUT2D eigenvalue weighted by Gasteiger charge is -2.20. The Hall–Kier alpha value is -1.36. The molecule has 0 spiro atoms. The molecule has 0 aliphatic rings. The van der Waals surface area contributed by atoms with Gasteiger partial charge in [-0.25, -0.2) is 13.1 Å². The van der Waals surface area contributed by atoms with E-state index in [-0.39, 0.29) is 4.90 Å². The highest BCUT2D eigenvalue weighted by atomic mass is 32.2. The van der Waals surface area contributed by atoms with Crippen LogP contribution in [0.3, 0.4) is 0 Å². The Morgan fingerprint density at radius 1 is 1.24 bits per heavy atom. The van der Waals surface area contributed by atoms with Crippen LogP contribution < -0.4 is 9.46 Å². The molecule has 1 aromatic rings. The summed E-state index contributed by atoms with van der Waals surface area (Å²) >= 11 is 0. The predicted octanol–water partition coefficient (Wildman–Crippen LogP) is 0.607. The Morgan fingerprint density at radius 2 is 1.76 bits per heavy atom. The molecule has 0 fully saturated rings. The molecule has 0 saturated carbocycles. The van der Waals surface area contributed by atoms with Gasteiger partial charge in [-0.05, 0) is 31.2 Å². The molecule has 120 valence electrons. The number of hydrogen-bond acceptors (Lipinski definition) is 5. The molecule has 1 unspecified atom stereocenters. The molecule has 0 aliphatic carbocycles. The van der Waals surface area contributed by atoms with Crippen LogP contribution in [0.25, 0.3) is 0 Å². The number of aliphatic hydroxyl groups is 2. The van der Waals surface area contributed by atoms with Crippen molar-refractivity contribution < 1.29 is 36.5 Å². The summed E-state index contributed by atoms with van der Waals surface area (Å²) < 4.78 is 65.2. The van der Waals surface area contributed by atoms with Crippen molar-refractivity contribution in [2.75, 3.05) is 13.2 Å². The van der Waals surface area contributed by atoms with Crippen molar-refractivity contribution in [2.24, 2.45) is 0 Å². The van der Waals surface area contributed by atoms with Crippen molar-refractivity contribution in [3.63, 3.8) is 0 Å². The Kier molecular flexibility index (Phi) is 5.20. The first-order chi connectivity index (χ1) is 9.45. The fourth-order valence-electron chi connectivity index (χ4n) is 1.21. The molecule has 0 heterocycles. The fraction of sp³-hybridized carbons (Fsp3) is 0.455. The summed E-state index contributed by atoms with van der Waals surface area (Å²) in [6.45, 7) is 0.107. The lowest BCUT2D eigenvalue weighted by atomic mass is 10.1. The molecule has 3 N–H and O–H groups in total. The Morgan fingerprint density at radius 3 is 2.19 bits per heavy atom. The minimum atomic E-state index is -4.86. The zero-order chi connectivity index (χ0) is 16.3. The average molecular weight is 329 g/mol. The van der Waals surface area contributed by atoms with Gasteiger partial charge in [0.05, 0.1) is 17.1 Å². The van der Waals surface area contributed by atoms with Gasteiger partial charge in [-0.2, -0.15) is 0 Å². The summed E-state index contributed by atoms with van der Waals surface area (Å²) in [5, 5.41) is 18.3. The minimum Gasteiger partial charge on any atom is -0.406 e. The highest BCUT2D eigenvalue weighted by Gasteiger charge is 2.31. The second-order valence-corrected chi connectivity index (χ2v) is 6.27. The minimum absolute atomic E-state index is 0.300. The summed E-state index contributed by atoms with van der Waals surface area (Å²) in [5.74, 6) is -0.552. The van der Waals surface area contributed by atoms with E-state index in [0.29, 0.717) is 0 Å². The first kappa shape index (κ1) is 17.7. The second-order valence-electron chi connectivity index (χ2n) is 4.50. The third kappa shape index (κ3) is 5.87. The second kappa shape index (κ2) is 6.18. The third-order valence-corrected chi connectivity index (χ3v) is 3.77. The van der Waals surface area contributed by atoms with E-state index in [1.807, 2.05) is 4.72 Å². The van der Waals surface area contributed by atoms with E-state index in [1.54, 1.807) is 0 Å². The van der Waals surface area contributed by atoms with Crippen LogP contribution in [0.4, 0.5) is 13.2 Å². The quantitative estimate of drug-likeness (QED) is 0.710. The Labute approximate surface area is 119 Å². The summed E-state index contributed by atoms with van der Waals surface area (Å²) in [6, 6.07) is 3.56. The summed E-state index contributed by atoms with van der Waals surface area (Å²) in [5.41, 5.74) is -1.65. The van der Waals surface area contributed by atoms with Crippen LogP contribution in [0.1, 0.15) is 6.92 Å². The lowest BCUT2D eigenvalue weighted by Crippen LogP contribution is -2.43. The number of halogens is 3. The smallest absolute Gasteiger partial charge is 0.406 e. The van der Waals surface area contributed by atoms with Gasteiger partial charge in [0, 0.05) is 6.54 Å². The van der Waals surface area contributed by atoms with Gasteiger partial charge in [-0.15, -0.1) is 13.2 Å². The van der Waals surface area contributed by atoms with E-state index in [4.69, 9.17) is 5.11 Å². The number of rotatable bonds is 6. The van der Waals surface area contributed by atoms with Crippen molar-refractivity contribution >= 4 is 10.0 Å². The zero-order valence-corrected chi connectivity index (χ0v) is 11.7. The van der Waals surface area contributed by atoms with Crippen LogP contribution in [-0.4, -0.2) is 43.7 Å². The number of nitrogens with one attached hydrogen (secondary N) is 1. The summed E-state index contributed by atoms with van der Waals surface area (Å²) in [4.78, 5) is -0.300. The maximum atomic E-state index is 12.0. The molecule has 1 aromatic carbocycles. The van der Waals surface area contributed by atoms with Gasteiger partial charge in [0.15, 0.2) is 0 Å². The number of ether oxygens (including phenoxy) is 1. The molecular formula is C11H14F3NO5S. The van der Waals surface area contributed by atoms with Crippen molar-refractivity contribution in [2.45, 2.75) is 23.8 Å². The van der Waals surface area contributed by atoms with Gasteiger partial charge in [0.25, 0.3) is 0 Å². The number of aliphatic hydroxyl groups excluding tert-OH is 1. The van der Waals surface area contributed by atoms with Crippen molar-refractivity contribution in [3.8, 4) is 5.75 Å². The average Bonchev–Trinajstić information content (AvgIpc) is 2.35. The fourth-order valence-corrected chi connectivity index (χ4v) is 2.37. The van der Waals surface area contributed by atoms with E-state index in [2.05, 4.69) is 4.74 Å². The third-order valence-electron chi connectivity index (χ3n) is 2.35. The molecule has 1 rings (SSSR count). The van der Waals surface area contributed by atoms with Gasteiger partial charge in [-0.3, -0.25) is 0 Å². The molecule has 0 aromatic heterocycles. The van der Waals surface area contributed by atoms with Crippen LogP contribution in [0.5, 0.6) is 5.75 Å². The predicted molar refractivity (Wildman–Crippen MR) is 66.0 cm³/mol. The monoisotopic (exact) mass is 329 g/mol. The normalized spacial score (nSPS) is 15.5. The van der Waals surface area contributed by atoms with E-state index < -0.39 is 40.9 Å². The van der Waals surface area contributed by atoms with Crippen LogP contribution in [0.15, 0.2) is 29.2 Å². The van der Waals surface area contributed by atoms with E-state index in [0.717, 1.165) is 24.3 Å². The van der Waals surface area contributed by atoms with Crippen molar-refractivity contribution in [3.05, 3.63) is 24.3 Å². The molecule has 0 bridgehead atoms. The number of hydrogen-bond donors (Lipinski definition) is 3. The summed E-state index contributed by atoms with van der Waals surface area (Å²) in [6.07, 6.45) is -4.86. The molecule has 0 saturated heterocycles. The van der Waals surface area contributed by atoms with Crippen LogP contribution in [0, 0.1) is 0 Å². The van der Waals surface area contributed by atoms with Crippen LogP contribution in [-0.2, 0) is 10.0 Å². The highest BCUT2D eigenvalue weighted by Crippen LogP contribution is 2.23. The molecular weight excluding hydrogens is 315 g/mol. The molecule has 0 radical (unpaired) electrons. The number of alkyl halides is 3. The SMILES string of the molecule is CC(O)(CO)CNS(=O)(=O)c1ccc(OC(F)(F)F)cc1. The van der Waals surface area contributed by atoms with E-state index >= 15 is 0 Å². The van der Waals surface area contributed by atoms with Gasteiger partial charge < -0.3 is 14.9 Å². The van der Waals surface area contributed by atoms with Gasteiger partial charge in [0.1, 0.15) is 5.75 Å². The zero-order valence-electron chi connectivity index (χ0n) is 10.9. The highest BCUT2D eigenvalue weighted by molar-refractivity contribution is 7.89. The standard InChI is InChI=1S/C11H14F3NO5S/c1-10(17,7-16)6-15-21(18,19)9-4-2-8(3-5-9)20-11(12,13)14/h2-5,15-17H,6-7H2,1H3. The van der Waals surface area contributed by atoms with Crippen molar-refractivity contribution in [1.82, 2.24) is 4.72 Å². The largest absolute Gasteiger partial charge is 0.573 e. The first-order valence-corrected chi connectivity index (χ1v) is 7.12. The first-order valence-electron chi connectivity index (χ1n) is 5.64. The Balaban J connectivity index is 2.81. The molecule has 0 aliphatic heterocycles. The molecule has 1 atom stereocenters. The molecule has 6 nitrogen and oxygen atoms in total. The number of sulfonamides is 1.